The van der Waals surface area contributed by atoms with Crippen molar-refractivity contribution in [3.63, 3.8) is 0 Å². The molecule has 7 heteroatoms. The van der Waals surface area contributed by atoms with Crippen molar-refractivity contribution in [2.24, 2.45) is 4.99 Å². The average Bonchev–Trinajstić information content (AvgIpc) is 2.85. The van der Waals surface area contributed by atoms with Gasteiger partial charge in [-0.1, -0.05) is 12.1 Å². The van der Waals surface area contributed by atoms with Crippen molar-refractivity contribution in [1.82, 2.24) is 20.4 Å². The van der Waals surface area contributed by atoms with Crippen LogP contribution in [0.3, 0.4) is 0 Å². The molecule has 1 aromatic heterocycles. The molecule has 6 nitrogen and oxygen atoms in total. The largest absolute Gasteiger partial charge is 0.347 e. The van der Waals surface area contributed by atoms with Gasteiger partial charge in [-0.2, -0.15) is 16.7 Å². The Balaban J connectivity index is 1.89. The van der Waals surface area contributed by atoms with Crippen molar-refractivity contribution in [2.75, 3.05) is 25.9 Å². The summed E-state index contributed by atoms with van der Waals surface area (Å²) in [6.45, 7) is 6.65. The number of hydrogen-bond acceptors (Lipinski definition) is 5. The Morgan fingerprint density at radius 3 is 3.11 bits per heavy atom. The van der Waals surface area contributed by atoms with Crippen molar-refractivity contribution in [3.8, 4) is 0 Å². The number of nitrogens with zero attached hydrogens (tertiary/aromatic N) is 4. The van der Waals surface area contributed by atoms with Gasteiger partial charge in [0.05, 0.1) is 6.54 Å². The Labute approximate surface area is 118 Å². The molecule has 1 aromatic rings. The summed E-state index contributed by atoms with van der Waals surface area (Å²) in [6.07, 6.45) is 1.20. The van der Waals surface area contributed by atoms with Crippen LogP contribution in [0.5, 0.6) is 0 Å². The summed E-state index contributed by atoms with van der Waals surface area (Å²) in [5, 5.41) is 7.75. The molecule has 0 saturated carbocycles. The number of hydrogen-bond donors (Lipinski definition) is 1. The van der Waals surface area contributed by atoms with E-state index >= 15 is 0 Å². The highest BCUT2D eigenvalue weighted by Gasteiger charge is 2.21. The third-order valence-electron chi connectivity index (χ3n) is 3.07. The molecule has 2 heterocycles. The van der Waals surface area contributed by atoms with Crippen LogP contribution in [-0.2, 0) is 6.54 Å². The van der Waals surface area contributed by atoms with Gasteiger partial charge in [-0.15, -0.1) is 0 Å². The number of aromatic nitrogens is 2. The molecule has 19 heavy (non-hydrogen) atoms. The second-order valence-electron chi connectivity index (χ2n) is 4.48. The van der Waals surface area contributed by atoms with Crippen LogP contribution < -0.4 is 5.32 Å². The van der Waals surface area contributed by atoms with Crippen LogP contribution in [0, 0.1) is 6.92 Å². The van der Waals surface area contributed by atoms with E-state index in [4.69, 9.17) is 4.52 Å². The first-order chi connectivity index (χ1) is 9.22. The number of rotatable bonds is 3. The minimum Gasteiger partial charge on any atom is -0.347 e. The van der Waals surface area contributed by atoms with Crippen LogP contribution in [0.4, 0.5) is 0 Å². The van der Waals surface area contributed by atoms with Gasteiger partial charge < -0.3 is 14.7 Å². The van der Waals surface area contributed by atoms with Gasteiger partial charge >= 0.3 is 0 Å². The highest BCUT2D eigenvalue weighted by Crippen LogP contribution is 2.20. The van der Waals surface area contributed by atoms with Crippen molar-refractivity contribution in [2.45, 2.75) is 32.1 Å². The third-order valence-corrected chi connectivity index (χ3v) is 4.44. The number of aliphatic imine (C=N–C) groups is 1. The van der Waals surface area contributed by atoms with E-state index in [0.29, 0.717) is 23.5 Å². The monoisotopic (exact) mass is 283 g/mol. The molecule has 0 aromatic carbocycles. The summed E-state index contributed by atoms with van der Waals surface area (Å²) in [7, 11) is 1.81. The molecule has 106 valence electrons. The Hall–Kier alpha value is -1.24. The zero-order chi connectivity index (χ0) is 13.7. The van der Waals surface area contributed by atoms with Gasteiger partial charge in [0.1, 0.15) is 0 Å². The number of thioether (sulfide) groups is 1. The lowest BCUT2D eigenvalue weighted by Crippen LogP contribution is -2.47. The zero-order valence-electron chi connectivity index (χ0n) is 11.7. The molecule has 0 bridgehead atoms. The van der Waals surface area contributed by atoms with E-state index in [9.17, 15) is 0 Å². The first kappa shape index (κ1) is 14.2. The summed E-state index contributed by atoms with van der Waals surface area (Å²) < 4.78 is 5.09. The van der Waals surface area contributed by atoms with Crippen LogP contribution >= 0.6 is 11.8 Å². The molecule has 1 atom stereocenters. The van der Waals surface area contributed by atoms with Crippen molar-refractivity contribution >= 4 is 17.7 Å². The minimum absolute atomic E-state index is 0.522. The molecule has 0 spiro atoms. The second kappa shape index (κ2) is 6.79. The van der Waals surface area contributed by atoms with Crippen molar-refractivity contribution in [3.05, 3.63) is 11.7 Å². The Morgan fingerprint density at radius 2 is 2.47 bits per heavy atom. The molecule has 1 N–H and O–H groups in total. The third kappa shape index (κ3) is 3.86. The molecule has 1 fully saturated rings. The van der Waals surface area contributed by atoms with Gasteiger partial charge in [0.2, 0.25) is 5.89 Å². The number of guanidine groups is 1. The normalized spacial score (nSPS) is 20.7. The topological polar surface area (TPSA) is 66.5 Å². The van der Waals surface area contributed by atoms with Crippen LogP contribution in [0.15, 0.2) is 9.52 Å². The quantitative estimate of drug-likeness (QED) is 0.666. The Morgan fingerprint density at radius 1 is 1.63 bits per heavy atom. The fourth-order valence-corrected chi connectivity index (χ4v) is 3.24. The van der Waals surface area contributed by atoms with E-state index in [2.05, 4.69) is 32.3 Å². The maximum absolute atomic E-state index is 5.09. The molecule has 1 saturated heterocycles. The fourth-order valence-electron chi connectivity index (χ4n) is 2.06. The summed E-state index contributed by atoms with van der Waals surface area (Å²) >= 11 is 2.05. The van der Waals surface area contributed by atoms with E-state index < -0.39 is 0 Å². The first-order valence-electron chi connectivity index (χ1n) is 6.59. The van der Waals surface area contributed by atoms with E-state index in [0.717, 1.165) is 24.8 Å². The molecule has 1 unspecified atom stereocenters. The van der Waals surface area contributed by atoms with Gasteiger partial charge in [0.25, 0.3) is 0 Å². The molecule has 0 amide bonds. The van der Waals surface area contributed by atoms with Gasteiger partial charge in [-0.25, -0.2) is 0 Å². The van der Waals surface area contributed by atoms with Crippen molar-refractivity contribution < 1.29 is 4.52 Å². The summed E-state index contributed by atoms with van der Waals surface area (Å²) in [6, 6.07) is 0. The summed E-state index contributed by atoms with van der Waals surface area (Å²) in [5.41, 5.74) is 0. The van der Waals surface area contributed by atoms with Crippen LogP contribution in [0.1, 0.15) is 25.1 Å². The predicted octanol–water partition coefficient (Wildman–Crippen LogP) is 1.28. The summed E-state index contributed by atoms with van der Waals surface area (Å²) in [5.74, 6) is 3.32. The molecule has 0 radical (unpaired) electrons. The Kier molecular flexibility index (Phi) is 5.07. The maximum atomic E-state index is 5.09. The summed E-state index contributed by atoms with van der Waals surface area (Å²) in [4.78, 5) is 10.8. The number of aryl methyl sites for hydroxylation is 1. The van der Waals surface area contributed by atoms with Gasteiger partial charge in [0.15, 0.2) is 11.8 Å². The lowest BCUT2D eigenvalue weighted by atomic mass is 10.3. The fraction of sp³-hybridized carbons (Fsp3) is 0.750. The SMILES string of the molecule is CCC1CN(C(=NC)NCc2nc(C)no2)CCS1. The molecule has 0 aliphatic carbocycles. The van der Waals surface area contributed by atoms with Gasteiger partial charge in [-0.3, -0.25) is 4.99 Å². The van der Waals surface area contributed by atoms with Crippen LogP contribution in [0.2, 0.25) is 0 Å². The van der Waals surface area contributed by atoms with Crippen LogP contribution in [-0.4, -0.2) is 52.1 Å². The van der Waals surface area contributed by atoms with E-state index in [1.807, 2.05) is 25.7 Å². The minimum atomic E-state index is 0.522. The molecule has 1 aliphatic rings. The standard InChI is InChI=1S/C12H21N5OS/c1-4-10-8-17(5-6-19-10)12(13-3)14-7-11-15-9(2)16-18-11/h10H,4-8H2,1-3H3,(H,13,14). The molecular weight excluding hydrogens is 262 g/mol. The van der Waals surface area contributed by atoms with Gasteiger partial charge in [-0.05, 0) is 13.3 Å². The van der Waals surface area contributed by atoms with E-state index in [-0.39, 0.29) is 0 Å². The predicted molar refractivity (Wildman–Crippen MR) is 77.3 cm³/mol. The molecule has 1 aliphatic heterocycles. The smallest absolute Gasteiger partial charge is 0.246 e. The lowest BCUT2D eigenvalue weighted by Gasteiger charge is -2.34. The van der Waals surface area contributed by atoms with E-state index in [1.165, 1.54) is 6.42 Å². The van der Waals surface area contributed by atoms with Crippen molar-refractivity contribution in [1.29, 1.82) is 0 Å². The Bertz CT molecular complexity index is 434. The highest BCUT2D eigenvalue weighted by atomic mass is 32.2. The maximum Gasteiger partial charge on any atom is 0.246 e. The van der Waals surface area contributed by atoms with Crippen LogP contribution in [0.25, 0.3) is 0 Å². The average molecular weight is 283 g/mol. The first-order valence-corrected chi connectivity index (χ1v) is 7.64. The van der Waals surface area contributed by atoms with Gasteiger partial charge in [0, 0.05) is 31.1 Å². The second-order valence-corrected chi connectivity index (χ2v) is 5.89. The number of nitrogens with one attached hydrogen (secondary N) is 1. The molecule has 2 rings (SSSR count). The lowest BCUT2D eigenvalue weighted by molar-refractivity contribution is 0.363. The molecular formula is C12H21N5OS. The zero-order valence-corrected chi connectivity index (χ0v) is 12.5. The highest BCUT2D eigenvalue weighted by molar-refractivity contribution is 8.00. The van der Waals surface area contributed by atoms with E-state index in [1.54, 1.807) is 0 Å².